The molecule has 174 valence electrons. The van der Waals surface area contributed by atoms with Crippen LogP contribution in [0.2, 0.25) is 10.0 Å². The smallest absolute Gasteiger partial charge is 0.426 e. The second-order valence-electron chi connectivity index (χ2n) is 9.77. The van der Waals surface area contributed by atoms with Crippen LogP contribution in [0.25, 0.3) is 0 Å². The number of amides is 4. The zero-order valence-corrected chi connectivity index (χ0v) is 20.0. The molecule has 1 aliphatic carbocycles. The molecule has 4 amide bonds. The summed E-state index contributed by atoms with van der Waals surface area (Å²) in [5.41, 5.74) is 0.422. The van der Waals surface area contributed by atoms with E-state index in [2.05, 4.69) is 0 Å². The number of nitrogens with zero attached hydrogens (tertiary/aromatic N) is 3. The fourth-order valence-electron chi connectivity index (χ4n) is 5.27. The molecule has 1 aromatic rings. The van der Waals surface area contributed by atoms with Crippen LogP contribution in [0.1, 0.15) is 50.5 Å². The SMILES string of the molecule is CN(C(=O)O)[C@H]1CN(C(=O)[N+]2(C(=O)C3(C)CC3)CCCCC2)C[C@H]1c1ccc(Cl)c(Cl)c1. The van der Waals surface area contributed by atoms with Gasteiger partial charge >= 0.3 is 18.0 Å². The summed E-state index contributed by atoms with van der Waals surface area (Å²) in [6, 6.07) is 4.64. The van der Waals surface area contributed by atoms with Crippen molar-refractivity contribution in [2.45, 2.75) is 51.0 Å². The summed E-state index contributed by atoms with van der Waals surface area (Å²) in [5.74, 6) is -0.227. The average Bonchev–Trinajstić information content (AvgIpc) is 3.38. The van der Waals surface area contributed by atoms with Crippen LogP contribution in [-0.2, 0) is 4.79 Å². The Labute approximate surface area is 198 Å². The molecule has 0 radical (unpaired) electrons. The minimum Gasteiger partial charge on any atom is -0.465 e. The molecule has 0 bridgehead atoms. The predicted octanol–water partition coefficient (Wildman–Crippen LogP) is 4.82. The number of halogens is 2. The van der Waals surface area contributed by atoms with Crippen molar-refractivity contribution in [3.8, 4) is 0 Å². The Morgan fingerprint density at radius 3 is 2.31 bits per heavy atom. The molecule has 1 saturated carbocycles. The van der Waals surface area contributed by atoms with E-state index in [0.29, 0.717) is 29.7 Å². The summed E-state index contributed by atoms with van der Waals surface area (Å²) in [6.07, 6.45) is 3.31. The standard InChI is InChI=1S/C23H29Cl2N3O4/c1-23(8-9-23)20(29)28(10-4-3-5-11-28)21(30)27-13-16(19(14-27)26(2)22(31)32)15-6-7-17(24)18(25)12-15/h6-7,12,16,19H,3-5,8-11,13-14H2,1-2H3/p+1/t16-,19-/m0/s1. The lowest BCUT2D eigenvalue weighted by Gasteiger charge is -2.40. The van der Waals surface area contributed by atoms with Gasteiger partial charge in [0.05, 0.1) is 34.6 Å². The number of likely N-dealkylation sites (N-methyl/N-ethyl adjacent to an activating group) is 1. The topological polar surface area (TPSA) is 77.9 Å². The summed E-state index contributed by atoms with van der Waals surface area (Å²) >= 11 is 12.3. The third-order valence-corrected chi connectivity index (χ3v) is 8.32. The zero-order chi connectivity index (χ0) is 23.3. The zero-order valence-electron chi connectivity index (χ0n) is 18.5. The van der Waals surface area contributed by atoms with E-state index < -0.39 is 17.6 Å². The molecule has 1 N–H and O–H groups in total. The maximum absolute atomic E-state index is 13.9. The lowest BCUT2D eigenvalue weighted by Crippen LogP contribution is -2.65. The molecule has 2 saturated heterocycles. The van der Waals surface area contributed by atoms with Gasteiger partial charge in [0.1, 0.15) is 0 Å². The van der Waals surface area contributed by atoms with Gasteiger partial charge < -0.3 is 10.0 Å². The minimum atomic E-state index is -1.06. The summed E-state index contributed by atoms with van der Waals surface area (Å²) < 4.78 is -0.131. The molecule has 0 spiro atoms. The lowest BCUT2D eigenvalue weighted by molar-refractivity contribution is -0.786. The number of carbonyl (C=O) groups is 3. The van der Waals surface area contributed by atoms with Gasteiger partial charge in [0.2, 0.25) is 0 Å². The van der Waals surface area contributed by atoms with Crippen molar-refractivity contribution < 1.29 is 24.0 Å². The van der Waals surface area contributed by atoms with E-state index in [1.165, 1.54) is 11.9 Å². The maximum atomic E-state index is 13.9. The first-order chi connectivity index (χ1) is 15.1. The molecular weight excluding hydrogens is 453 g/mol. The Morgan fingerprint density at radius 2 is 1.75 bits per heavy atom. The second kappa shape index (κ2) is 8.50. The van der Waals surface area contributed by atoms with Gasteiger partial charge in [0.15, 0.2) is 0 Å². The molecule has 2 heterocycles. The lowest BCUT2D eigenvalue weighted by atomic mass is 9.93. The quantitative estimate of drug-likeness (QED) is 0.626. The monoisotopic (exact) mass is 482 g/mol. The number of rotatable bonds is 3. The molecule has 3 aliphatic rings. The van der Waals surface area contributed by atoms with Crippen LogP contribution < -0.4 is 0 Å². The number of quaternary nitrogens is 1. The number of urea groups is 1. The molecule has 1 aromatic carbocycles. The van der Waals surface area contributed by atoms with Crippen LogP contribution in [0.3, 0.4) is 0 Å². The van der Waals surface area contributed by atoms with Crippen LogP contribution in [0, 0.1) is 5.41 Å². The second-order valence-corrected chi connectivity index (χ2v) is 10.6. The molecule has 9 heteroatoms. The first-order valence-corrected chi connectivity index (χ1v) is 12.0. The van der Waals surface area contributed by atoms with E-state index in [4.69, 9.17) is 23.2 Å². The van der Waals surface area contributed by atoms with E-state index in [0.717, 1.165) is 37.7 Å². The average molecular weight is 483 g/mol. The first-order valence-electron chi connectivity index (χ1n) is 11.2. The molecule has 32 heavy (non-hydrogen) atoms. The number of carboxylic acid groups (broad SMARTS) is 1. The predicted molar refractivity (Wildman–Crippen MR) is 122 cm³/mol. The largest absolute Gasteiger partial charge is 0.465 e. The van der Waals surface area contributed by atoms with Crippen molar-refractivity contribution in [3.63, 3.8) is 0 Å². The van der Waals surface area contributed by atoms with Gasteiger partial charge in [-0.05, 0) is 56.7 Å². The summed E-state index contributed by atoms with van der Waals surface area (Å²) in [5, 5.41) is 10.5. The van der Waals surface area contributed by atoms with Gasteiger partial charge in [-0.2, -0.15) is 4.48 Å². The molecule has 3 fully saturated rings. The van der Waals surface area contributed by atoms with Crippen molar-refractivity contribution in [1.82, 2.24) is 9.80 Å². The van der Waals surface area contributed by atoms with Crippen molar-refractivity contribution in [3.05, 3.63) is 33.8 Å². The third-order valence-electron chi connectivity index (χ3n) is 7.58. The molecule has 2 atom stereocenters. The first kappa shape index (κ1) is 23.3. The Hall–Kier alpha value is -1.83. The molecule has 4 rings (SSSR count). The number of imide groups is 1. The van der Waals surface area contributed by atoms with E-state index in [1.54, 1.807) is 17.0 Å². The van der Waals surface area contributed by atoms with Gasteiger partial charge in [-0.15, -0.1) is 0 Å². The van der Waals surface area contributed by atoms with Crippen LogP contribution in [0.5, 0.6) is 0 Å². The van der Waals surface area contributed by atoms with E-state index >= 15 is 0 Å². The highest BCUT2D eigenvalue weighted by molar-refractivity contribution is 6.42. The highest BCUT2D eigenvalue weighted by Gasteiger charge is 2.61. The van der Waals surface area contributed by atoms with Gasteiger partial charge in [-0.3, -0.25) is 4.90 Å². The van der Waals surface area contributed by atoms with Crippen LogP contribution in [0.15, 0.2) is 18.2 Å². The Bertz CT molecular complexity index is 943. The molecule has 2 aliphatic heterocycles. The minimum absolute atomic E-state index is 0.0309. The fourth-order valence-corrected chi connectivity index (χ4v) is 5.58. The van der Waals surface area contributed by atoms with Gasteiger partial charge in [0.25, 0.3) is 0 Å². The number of likely N-dealkylation sites (tertiary alicyclic amines) is 2. The van der Waals surface area contributed by atoms with Crippen molar-refractivity contribution in [2.75, 3.05) is 33.2 Å². The van der Waals surface area contributed by atoms with Crippen LogP contribution >= 0.6 is 23.2 Å². The van der Waals surface area contributed by atoms with Gasteiger partial charge in [-0.25, -0.2) is 14.4 Å². The molecule has 0 unspecified atom stereocenters. The Balaban J connectivity index is 1.66. The van der Waals surface area contributed by atoms with E-state index in [9.17, 15) is 19.5 Å². The third kappa shape index (κ3) is 3.99. The van der Waals surface area contributed by atoms with Crippen molar-refractivity contribution in [2.24, 2.45) is 5.41 Å². The number of carbonyl (C=O) groups excluding carboxylic acids is 2. The van der Waals surface area contributed by atoms with Gasteiger partial charge in [-0.1, -0.05) is 29.3 Å². The summed E-state index contributed by atoms with van der Waals surface area (Å²) in [6.45, 7) is 3.60. The Morgan fingerprint density at radius 1 is 1.09 bits per heavy atom. The van der Waals surface area contributed by atoms with E-state index in [-0.39, 0.29) is 28.9 Å². The number of hydrogen-bond acceptors (Lipinski definition) is 3. The Kier molecular flexibility index (Phi) is 6.20. The fraction of sp³-hybridized carbons (Fsp3) is 0.609. The normalized spacial score (nSPS) is 25.9. The van der Waals surface area contributed by atoms with Crippen molar-refractivity contribution >= 4 is 41.2 Å². The number of piperidine rings is 1. The summed E-state index contributed by atoms with van der Waals surface area (Å²) in [4.78, 5) is 42.2. The number of benzene rings is 1. The highest BCUT2D eigenvalue weighted by atomic mass is 35.5. The van der Waals surface area contributed by atoms with Gasteiger partial charge in [0, 0.05) is 26.1 Å². The highest BCUT2D eigenvalue weighted by Crippen LogP contribution is 2.49. The molecular formula is C23H30Cl2N3O4+. The van der Waals surface area contributed by atoms with Crippen LogP contribution in [-0.4, -0.2) is 76.7 Å². The molecule has 7 nitrogen and oxygen atoms in total. The van der Waals surface area contributed by atoms with Crippen molar-refractivity contribution in [1.29, 1.82) is 0 Å². The van der Waals surface area contributed by atoms with E-state index in [1.807, 2.05) is 13.0 Å². The maximum Gasteiger partial charge on any atom is 0.426 e. The molecule has 0 aromatic heterocycles. The number of hydrogen-bond donors (Lipinski definition) is 1. The summed E-state index contributed by atoms with van der Waals surface area (Å²) in [7, 11) is 1.52. The van der Waals surface area contributed by atoms with Crippen LogP contribution in [0.4, 0.5) is 9.59 Å².